The van der Waals surface area contributed by atoms with E-state index in [0.29, 0.717) is 12.2 Å². The number of carboxylic acids is 1. The zero-order chi connectivity index (χ0) is 15.4. The SMILES string of the molecule is N#Cc1cc([N+](=O)[O-])ccc1NCc1cc(C(=O)O)cs1. The highest BCUT2D eigenvalue weighted by atomic mass is 32.1. The van der Waals surface area contributed by atoms with Gasteiger partial charge in [0.1, 0.15) is 6.07 Å². The summed E-state index contributed by atoms with van der Waals surface area (Å²) in [6.07, 6.45) is 0. The standard InChI is InChI=1S/C13H9N3O4S/c14-5-8-3-10(16(19)20)1-2-12(8)15-6-11-4-9(7-21-11)13(17)18/h1-4,7,15H,6H2,(H,17,18). The lowest BCUT2D eigenvalue weighted by Crippen LogP contribution is -2.01. The Morgan fingerprint density at radius 3 is 2.81 bits per heavy atom. The van der Waals surface area contributed by atoms with Crippen LogP contribution in [0, 0.1) is 21.4 Å². The molecule has 0 aliphatic heterocycles. The van der Waals surface area contributed by atoms with Crippen molar-refractivity contribution in [2.45, 2.75) is 6.54 Å². The highest BCUT2D eigenvalue weighted by Gasteiger charge is 2.11. The molecule has 0 atom stereocenters. The fourth-order valence-electron chi connectivity index (χ4n) is 1.66. The maximum absolute atomic E-state index is 10.8. The van der Waals surface area contributed by atoms with E-state index >= 15 is 0 Å². The van der Waals surface area contributed by atoms with Crippen LogP contribution in [-0.2, 0) is 6.54 Å². The monoisotopic (exact) mass is 303 g/mol. The molecule has 1 aromatic heterocycles. The molecule has 0 unspecified atom stereocenters. The van der Waals surface area contributed by atoms with E-state index in [9.17, 15) is 14.9 Å². The van der Waals surface area contributed by atoms with Gasteiger partial charge in [-0.1, -0.05) is 0 Å². The fourth-order valence-corrected chi connectivity index (χ4v) is 2.46. The number of nitro benzene ring substituents is 1. The molecule has 1 aromatic carbocycles. The lowest BCUT2D eigenvalue weighted by Gasteiger charge is -2.06. The third-order valence-electron chi connectivity index (χ3n) is 2.69. The number of nitro groups is 1. The van der Waals surface area contributed by atoms with Crippen molar-refractivity contribution in [1.82, 2.24) is 0 Å². The van der Waals surface area contributed by atoms with Gasteiger partial charge >= 0.3 is 5.97 Å². The van der Waals surface area contributed by atoms with Crippen molar-refractivity contribution in [2.24, 2.45) is 0 Å². The molecule has 2 N–H and O–H groups in total. The Morgan fingerprint density at radius 1 is 1.48 bits per heavy atom. The topological polar surface area (TPSA) is 116 Å². The van der Waals surface area contributed by atoms with Crippen LogP contribution in [0.5, 0.6) is 0 Å². The Bertz CT molecular complexity index is 748. The Morgan fingerprint density at radius 2 is 2.24 bits per heavy atom. The van der Waals surface area contributed by atoms with Gasteiger partial charge in [0.05, 0.1) is 21.7 Å². The first-order valence-electron chi connectivity index (χ1n) is 5.74. The van der Waals surface area contributed by atoms with Gasteiger partial charge in [-0.15, -0.1) is 11.3 Å². The first-order valence-corrected chi connectivity index (χ1v) is 6.62. The van der Waals surface area contributed by atoms with Gasteiger partial charge in [0.25, 0.3) is 5.69 Å². The van der Waals surface area contributed by atoms with E-state index in [0.717, 1.165) is 4.88 Å². The molecule has 0 aliphatic carbocycles. The van der Waals surface area contributed by atoms with Crippen LogP contribution in [0.1, 0.15) is 20.8 Å². The molecule has 0 radical (unpaired) electrons. The molecule has 21 heavy (non-hydrogen) atoms. The molecule has 0 bridgehead atoms. The summed E-state index contributed by atoms with van der Waals surface area (Å²) < 4.78 is 0. The first kappa shape index (κ1) is 14.5. The number of hydrogen-bond acceptors (Lipinski definition) is 6. The van der Waals surface area contributed by atoms with Crippen LogP contribution >= 0.6 is 11.3 Å². The van der Waals surface area contributed by atoms with Crippen molar-refractivity contribution in [3.63, 3.8) is 0 Å². The summed E-state index contributed by atoms with van der Waals surface area (Å²) in [5.41, 5.74) is 0.690. The average molecular weight is 303 g/mol. The maximum atomic E-state index is 10.8. The van der Waals surface area contributed by atoms with Gasteiger partial charge in [-0.2, -0.15) is 5.26 Å². The Balaban J connectivity index is 2.14. The number of hydrogen-bond donors (Lipinski definition) is 2. The summed E-state index contributed by atoms with van der Waals surface area (Å²) in [6, 6.07) is 7.39. The van der Waals surface area contributed by atoms with Gasteiger partial charge in [-0.05, 0) is 12.1 Å². The quantitative estimate of drug-likeness (QED) is 0.648. The zero-order valence-electron chi connectivity index (χ0n) is 10.6. The Hall–Kier alpha value is -2.92. The molecule has 0 amide bonds. The number of carbonyl (C=O) groups is 1. The van der Waals surface area contributed by atoms with Gasteiger partial charge in [0.2, 0.25) is 0 Å². The number of nitrogens with zero attached hydrogens (tertiary/aromatic N) is 2. The molecule has 2 rings (SSSR count). The van der Waals surface area contributed by atoms with Crippen LogP contribution in [-0.4, -0.2) is 16.0 Å². The van der Waals surface area contributed by atoms with E-state index in [1.807, 2.05) is 6.07 Å². The normalized spacial score (nSPS) is 9.86. The molecule has 0 saturated carbocycles. The Labute approximate surface area is 123 Å². The predicted molar refractivity (Wildman–Crippen MR) is 76.4 cm³/mol. The summed E-state index contributed by atoms with van der Waals surface area (Å²) >= 11 is 1.28. The van der Waals surface area contributed by atoms with Crippen molar-refractivity contribution in [3.8, 4) is 6.07 Å². The van der Waals surface area contributed by atoms with Crippen LogP contribution < -0.4 is 5.32 Å². The second kappa shape index (κ2) is 6.02. The highest BCUT2D eigenvalue weighted by Crippen LogP contribution is 2.23. The fraction of sp³-hybridized carbons (Fsp3) is 0.0769. The van der Waals surface area contributed by atoms with Crippen LogP contribution in [0.15, 0.2) is 29.6 Å². The lowest BCUT2D eigenvalue weighted by molar-refractivity contribution is -0.384. The number of carboxylic acid groups (broad SMARTS) is 1. The molecule has 8 heteroatoms. The van der Waals surface area contributed by atoms with Gasteiger partial charge in [0.15, 0.2) is 0 Å². The van der Waals surface area contributed by atoms with E-state index in [1.165, 1.54) is 41.0 Å². The van der Waals surface area contributed by atoms with Crippen LogP contribution in [0.3, 0.4) is 0 Å². The Kier molecular flexibility index (Phi) is 4.15. The van der Waals surface area contributed by atoms with Crippen molar-refractivity contribution in [2.75, 3.05) is 5.32 Å². The summed E-state index contributed by atoms with van der Waals surface area (Å²) in [5, 5.41) is 33.0. The van der Waals surface area contributed by atoms with Gasteiger partial charge < -0.3 is 10.4 Å². The second-order valence-corrected chi connectivity index (χ2v) is 5.05. The van der Waals surface area contributed by atoms with E-state index < -0.39 is 10.9 Å². The molecule has 106 valence electrons. The van der Waals surface area contributed by atoms with Gasteiger partial charge in [-0.3, -0.25) is 10.1 Å². The summed E-state index contributed by atoms with van der Waals surface area (Å²) in [4.78, 5) is 21.6. The number of thiophene rings is 1. The predicted octanol–water partition coefficient (Wildman–Crippen LogP) is 2.84. The lowest BCUT2D eigenvalue weighted by atomic mass is 10.1. The molecule has 0 aliphatic rings. The van der Waals surface area contributed by atoms with Gasteiger partial charge in [0, 0.05) is 28.9 Å². The number of nitrogens with one attached hydrogen (secondary N) is 1. The number of rotatable bonds is 5. The minimum atomic E-state index is -0.995. The van der Waals surface area contributed by atoms with Gasteiger partial charge in [-0.25, -0.2) is 4.79 Å². The minimum Gasteiger partial charge on any atom is -0.478 e. The number of non-ortho nitro benzene ring substituents is 1. The van der Waals surface area contributed by atoms with Crippen LogP contribution in [0.25, 0.3) is 0 Å². The maximum Gasteiger partial charge on any atom is 0.336 e. The highest BCUT2D eigenvalue weighted by molar-refractivity contribution is 7.10. The average Bonchev–Trinajstić information content (AvgIpc) is 2.93. The van der Waals surface area contributed by atoms with Crippen molar-refractivity contribution >= 4 is 28.7 Å². The largest absolute Gasteiger partial charge is 0.478 e. The molecule has 1 heterocycles. The van der Waals surface area contributed by atoms with E-state index in [-0.39, 0.29) is 16.8 Å². The molecule has 2 aromatic rings. The molecular formula is C13H9N3O4S. The smallest absolute Gasteiger partial charge is 0.336 e. The first-order chi connectivity index (χ1) is 10.0. The molecular weight excluding hydrogens is 294 g/mol. The van der Waals surface area contributed by atoms with E-state index in [1.54, 1.807) is 0 Å². The number of nitriles is 1. The van der Waals surface area contributed by atoms with Crippen LogP contribution in [0.2, 0.25) is 0 Å². The number of benzene rings is 1. The number of aromatic carboxylic acids is 1. The molecule has 7 nitrogen and oxygen atoms in total. The summed E-state index contributed by atoms with van der Waals surface area (Å²) in [6.45, 7) is 0.338. The molecule has 0 saturated heterocycles. The summed E-state index contributed by atoms with van der Waals surface area (Å²) in [7, 11) is 0. The third-order valence-corrected chi connectivity index (χ3v) is 3.62. The summed E-state index contributed by atoms with van der Waals surface area (Å²) in [5.74, 6) is -0.995. The second-order valence-electron chi connectivity index (χ2n) is 4.06. The van der Waals surface area contributed by atoms with Crippen molar-refractivity contribution in [1.29, 1.82) is 5.26 Å². The third kappa shape index (κ3) is 3.34. The minimum absolute atomic E-state index is 0.151. The van der Waals surface area contributed by atoms with Crippen molar-refractivity contribution in [3.05, 3.63) is 55.8 Å². The van der Waals surface area contributed by atoms with E-state index in [4.69, 9.17) is 10.4 Å². The van der Waals surface area contributed by atoms with E-state index in [2.05, 4.69) is 5.32 Å². The van der Waals surface area contributed by atoms with Crippen molar-refractivity contribution < 1.29 is 14.8 Å². The number of anilines is 1. The molecule has 0 spiro atoms. The zero-order valence-corrected chi connectivity index (χ0v) is 11.4. The molecule has 0 fully saturated rings. The van der Waals surface area contributed by atoms with Crippen LogP contribution in [0.4, 0.5) is 11.4 Å².